The van der Waals surface area contributed by atoms with E-state index < -0.39 is 0 Å². The van der Waals surface area contributed by atoms with Gasteiger partial charge in [-0.3, -0.25) is 0 Å². The lowest BCUT2D eigenvalue weighted by Gasteiger charge is -2.45. The van der Waals surface area contributed by atoms with Crippen molar-refractivity contribution in [2.24, 2.45) is 0 Å². The quantitative estimate of drug-likeness (QED) is 0.788. The van der Waals surface area contributed by atoms with E-state index in [1.165, 1.54) is 5.56 Å². The number of morpholine rings is 1. The van der Waals surface area contributed by atoms with Gasteiger partial charge in [-0.05, 0) is 22.7 Å². The number of hydrogen-bond donors (Lipinski definition) is 0. The van der Waals surface area contributed by atoms with Crippen LogP contribution in [-0.4, -0.2) is 42.3 Å². The number of ether oxygens (including phenoxy) is 1. The van der Waals surface area contributed by atoms with E-state index in [1.807, 2.05) is 12.1 Å². The molecule has 0 amide bonds. The van der Waals surface area contributed by atoms with E-state index in [4.69, 9.17) is 21.6 Å². The normalized spacial score (nSPS) is 19.1. The van der Waals surface area contributed by atoms with Gasteiger partial charge in [-0.1, -0.05) is 24.3 Å². The summed E-state index contributed by atoms with van der Waals surface area (Å²) in [6.45, 7) is 3.79. The molecule has 1 aromatic carbocycles. The summed E-state index contributed by atoms with van der Waals surface area (Å²) in [5.41, 5.74) is 3.19. The lowest BCUT2D eigenvalue weighted by molar-refractivity contribution is 0.0936. The second-order valence-electron chi connectivity index (χ2n) is 6.31. The fraction of sp³-hybridized carbons (Fsp3) is 0.389. The number of fused-ring (bicyclic) bond motifs is 3. The van der Waals surface area contributed by atoms with Gasteiger partial charge >= 0.3 is 0 Å². The zero-order valence-corrected chi connectivity index (χ0v) is 14.5. The molecule has 2 aromatic rings. The molecule has 0 saturated carbocycles. The van der Waals surface area contributed by atoms with Crippen molar-refractivity contribution in [1.82, 2.24) is 9.97 Å². The minimum atomic E-state index is 0.259. The van der Waals surface area contributed by atoms with Gasteiger partial charge in [0.1, 0.15) is 0 Å². The molecule has 1 atom stereocenters. The van der Waals surface area contributed by atoms with Crippen molar-refractivity contribution in [1.29, 1.82) is 5.26 Å². The van der Waals surface area contributed by atoms with E-state index in [2.05, 4.69) is 38.0 Å². The van der Waals surface area contributed by atoms with Crippen LogP contribution in [0, 0.1) is 11.3 Å². The molecule has 6 nitrogen and oxygen atoms in total. The molecule has 2 aliphatic heterocycles. The lowest BCUT2D eigenvalue weighted by Crippen LogP contribution is -2.55. The first kappa shape index (κ1) is 16.1. The van der Waals surface area contributed by atoms with Crippen LogP contribution < -0.4 is 9.80 Å². The van der Waals surface area contributed by atoms with Crippen LogP contribution in [0.5, 0.6) is 0 Å². The number of anilines is 2. The first-order valence-electron chi connectivity index (χ1n) is 8.31. The topological polar surface area (TPSA) is 65.3 Å². The van der Waals surface area contributed by atoms with Gasteiger partial charge in [-0.15, -0.1) is 0 Å². The number of hydrogen-bond acceptors (Lipinski definition) is 6. The zero-order chi connectivity index (χ0) is 17.2. The molecule has 1 unspecified atom stereocenters. The van der Waals surface area contributed by atoms with Crippen molar-refractivity contribution in [3.8, 4) is 6.07 Å². The van der Waals surface area contributed by atoms with Crippen molar-refractivity contribution >= 4 is 23.1 Å². The van der Waals surface area contributed by atoms with E-state index in [-0.39, 0.29) is 11.3 Å². The molecule has 0 radical (unpaired) electrons. The first-order valence-corrected chi connectivity index (χ1v) is 8.69. The van der Waals surface area contributed by atoms with Crippen LogP contribution in [0.1, 0.15) is 11.1 Å². The van der Waals surface area contributed by atoms with Crippen LogP contribution in [0.2, 0.25) is 5.28 Å². The molecule has 0 aliphatic carbocycles. The Morgan fingerprint density at radius 2 is 2.24 bits per heavy atom. The average molecular weight is 356 g/mol. The molecule has 0 N–H and O–H groups in total. The highest BCUT2D eigenvalue weighted by Crippen LogP contribution is 2.35. The Balaban J connectivity index is 1.65. The molecule has 4 rings (SSSR count). The summed E-state index contributed by atoms with van der Waals surface area (Å²) < 4.78 is 5.65. The van der Waals surface area contributed by atoms with Gasteiger partial charge in [0.25, 0.3) is 0 Å². The Kier molecular flexibility index (Phi) is 4.43. The Hall–Kier alpha value is -2.36. The predicted octanol–water partition coefficient (Wildman–Crippen LogP) is 2.42. The summed E-state index contributed by atoms with van der Waals surface area (Å²) in [6, 6.07) is 10.6. The van der Waals surface area contributed by atoms with Gasteiger partial charge in [0.15, 0.2) is 5.82 Å². The number of nitrogens with zero attached hydrogens (tertiary/aromatic N) is 5. The van der Waals surface area contributed by atoms with Crippen molar-refractivity contribution in [2.75, 3.05) is 36.1 Å². The smallest absolute Gasteiger partial charge is 0.224 e. The van der Waals surface area contributed by atoms with Crippen molar-refractivity contribution in [3.63, 3.8) is 0 Å². The highest BCUT2D eigenvalue weighted by atomic mass is 35.5. The molecule has 128 valence electrons. The van der Waals surface area contributed by atoms with E-state index in [9.17, 15) is 0 Å². The van der Waals surface area contributed by atoms with Crippen LogP contribution in [-0.2, 0) is 17.7 Å². The third-order valence-corrected chi connectivity index (χ3v) is 4.82. The van der Waals surface area contributed by atoms with Gasteiger partial charge in [0.05, 0.1) is 43.6 Å². The fourth-order valence-electron chi connectivity index (χ4n) is 3.52. The number of rotatable bonds is 3. The maximum Gasteiger partial charge on any atom is 0.224 e. The van der Waals surface area contributed by atoms with Crippen molar-refractivity contribution in [3.05, 3.63) is 46.9 Å². The van der Waals surface area contributed by atoms with Crippen LogP contribution >= 0.6 is 11.6 Å². The molecule has 3 heterocycles. The second kappa shape index (κ2) is 6.87. The molecule has 0 spiro atoms. The molecule has 25 heavy (non-hydrogen) atoms. The lowest BCUT2D eigenvalue weighted by atomic mass is 10.1. The summed E-state index contributed by atoms with van der Waals surface area (Å²) in [4.78, 5) is 13.2. The maximum atomic E-state index is 8.91. The van der Waals surface area contributed by atoms with Crippen LogP contribution in [0.15, 0.2) is 30.5 Å². The van der Waals surface area contributed by atoms with E-state index in [0.717, 1.165) is 36.7 Å². The summed E-state index contributed by atoms with van der Waals surface area (Å²) >= 11 is 6.04. The molecule has 7 heteroatoms. The Morgan fingerprint density at radius 3 is 3.12 bits per heavy atom. The van der Waals surface area contributed by atoms with Gasteiger partial charge in [0, 0.05) is 19.6 Å². The van der Waals surface area contributed by atoms with Crippen LogP contribution in [0.4, 0.5) is 11.5 Å². The number of nitriles is 1. The van der Waals surface area contributed by atoms with Crippen LogP contribution in [0.25, 0.3) is 0 Å². The number of halogens is 1. The number of aromatic nitrogens is 2. The number of benzene rings is 1. The largest absolute Gasteiger partial charge is 0.377 e. The Bertz CT molecular complexity index is 821. The monoisotopic (exact) mass is 355 g/mol. The Morgan fingerprint density at radius 1 is 1.36 bits per heavy atom. The zero-order valence-electron chi connectivity index (χ0n) is 13.7. The molecule has 1 fully saturated rings. The minimum absolute atomic E-state index is 0.259. The van der Waals surface area contributed by atoms with Gasteiger partial charge in [-0.25, -0.2) is 4.98 Å². The summed E-state index contributed by atoms with van der Waals surface area (Å²) in [7, 11) is 0. The summed E-state index contributed by atoms with van der Waals surface area (Å²) in [5, 5.41) is 9.17. The molecule has 2 aliphatic rings. The first-order chi connectivity index (χ1) is 12.2. The van der Waals surface area contributed by atoms with Gasteiger partial charge in [0.2, 0.25) is 5.28 Å². The highest BCUT2D eigenvalue weighted by Gasteiger charge is 2.34. The van der Waals surface area contributed by atoms with Crippen molar-refractivity contribution < 1.29 is 4.74 Å². The molecule has 1 aromatic heterocycles. The minimum Gasteiger partial charge on any atom is -0.377 e. The molecular weight excluding hydrogens is 338 g/mol. The maximum absolute atomic E-state index is 8.91. The van der Waals surface area contributed by atoms with E-state index in [0.29, 0.717) is 19.6 Å². The third kappa shape index (κ3) is 3.26. The van der Waals surface area contributed by atoms with E-state index in [1.54, 1.807) is 6.20 Å². The summed E-state index contributed by atoms with van der Waals surface area (Å²) in [6.07, 6.45) is 2.23. The SMILES string of the molecule is N#CCc1cccc(CN2CC3COCCN3c3nc(Cl)ncc32)c1. The van der Waals surface area contributed by atoms with Crippen LogP contribution in [0.3, 0.4) is 0 Å². The molecule has 0 bridgehead atoms. The molecular formula is C18H18ClN5O. The fourth-order valence-corrected chi connectivity index (χ4v) is 3.65. The molecule has 1 saturated heterocycles. The van der Waals surface area contributed by atoms with Gasteiger partial charge < -0.3 is 14.5 Å². The summed E-state index contributed by atoms with van der Waals surface area (Å²) in [5.74, 6) is 0.882. The predicted molar refractivity (Wildman–Crippen MR) is 95.8 cm³/mol. The van der Waals surface area contributed by atoms with Gasteiger partial charge in [-0.2, -0.15) is 10.2 Å². The Labute approximate surface area is 151 Å². The average Bonchev–Trinajstić information content (AvgIpc) is 2.62. The van der Waals surface area contributed by atoms with Crippen molar-refractivity contribution in [2.45, 2.75) is 19.0 Å². The third-order valence-electron chi connectivity index (χ3n) is 4.64. The second-order valence-corrected chi connectivity index (χ2v) is 6.64. The highest BCUT2D eigenvalue weighted by molar-refractivity contribution is 6.28. The standard InChI is InChI=1S/C18H18ClN5O/c19-18-21-9-16-17(22-18)24-6-7-25-12-15(24)11-23(16)10-14-3-1-2-13(8-14)4-5-20/h1-3,8-9,15H,4,6-7,10-12H2. The van der Waals surface area contributed by atoms with E-state index >= 15 is 0 Å².